The Morgan fingerprint density at radius 2 is 2.00 bits per heavy atom. The number of carbonyl (C=O) groups is 1. The van der Waals surface area contributed by atoms with Gasteiger partial charge in [0, 0.05) is 25.0 Å². The summed E-state index contributed by atoms with van der Waals surface area (Å²) in [5.41, 5.74) is -0.134. The SMILES string of the molecule is CCCC(C)NC(=O)Cn1ccn(CC)c1=O. The summed E-state index contributed by atoms with van der Waals surface area (Å²) in [4.78, 5) is 23.4. The van der Waals surface area contributed by atoms with Crippen LogP contribution in [0.25, 0.3) is 0 Å². The topological polar surface area (TPSA) is 56.0 Å². The second kappa shape index (κ2) is 6.27. The Bertz CT molecular complexity index is 420. The van der Waals surface area contributed by atoms with Gasteiger partial charge in [-0.3, -0.25) is 13.9 Å². The smallest absolute Gasteiger partial charge is 0.328 e. The molecule has 0 saturated carbocycles. The van der Waals surface area contributed by atoms with Crippen molar-refractivity contribution in [2.75, 3.05) is 0 Å². The molecule has 0 aliphatic carbocycles. The highest BCUT2D eigenvalue weighted by Gasteiger charge is 2.09. The number of nitrogens with zero attached hydrogens (tertiary/aromatic N) is 2. The molecule has 1 rings (SSSR count). The number of rotatable bonds is 6. The van der Waals surface area contributed by atoms with Gasteiger partial charge < -0.3 is 5.32 Å². The Morgan fingerprint density at radius 3 is 2.53 bits per heavy atom. The quantitative estimate of drug-likeness (QED) is 0.804. The van der Waals surface area contributed by atoms with Crippen LogP contribution in [0.1, 0.15) is 33.6 Å². The summed E-state index contributed by atoms with van der Waals surface area (Å²) in [6.45, 7) is 6.67. The maximum Gasteiger partial charge on any atom is 0.328 e. The average molecular weight is 239 g/mol. The second-order valence-electron chi connectivity index (χ2n) is 4.25. The number of nitrogens with one attached hydrogen (secondary N) is 1. The van der Waals surface area contributed by atoms with Crippen molar-refractivity contribution < 1.29 is 4.79 Å². The van der Waals surface area contributed by atoms with Crippen LogP contribution in [-0.2, 0) is 17.9 Å². The van der Waals surface area contributed by atoms with Gasteiger partial charge in [0.1, 0.15) is 6.54 Å². The molecule has 5 heteroatoms. The summed E-state index contributed by atoms with van der Waals surface area (Å²) >= 11 is 0. The average Bonchev–Trinajstić information content (AvgIpc) is 2.60. The molecule has 1 heterocycles. The van der Waals surface area contributed by atoms with Gasteiger partial charge in [0.2, 0.25) is 5.91 Å². The first-order chi connectivity index (χ1) is 8.08. The highest BCUT2D eigenvalue weighted by Crippen LogP contribution is 1.95. The highest BCUT2D eigenvalue weighted by atomic mass is 16.2. The number of amides is 1. The molecular formula is C12H21N3O2. The van der Waals surface area contributed by atoms with Crippen molar-refractivity contribution in [2.24, 2.45) is 0 Å². The van der Waals surface area contributed by atoms with Crippen LogP contribution in [0.3, 0.4) is 0 Å². The van der Waals surface area contributed by atoms with Crippen molar-refractivity contribution in [3.8, 4) is 0 Å². The molecule has 1 unspecified atom stereocenters. The summed E-state index contributed by atoms with van der Waals surface area (Å²) < 4.78 is 3.00. The van der Waals surface area contributed by atoms with Gasteiger partial charge in [0.15, 0.2) is 0 Å². The molecule has 1 aromatic rings. The minimum atomic E-state index is -0.134. The first kappa shape index (κ1) is 13.5. The third-order valence-corrected chi connectivity index (χ3v) is 2.70. The van der Waals surface area contributed by atoms with Crippen LogP contribution in [0, 0.1) is 0 Å². The monoisotopic (exact) mass is 239 g/mol. The molecular weight excluding hydrogens is 218 g/mol. The van der Waals surface area contributed by atoms with E-state index >= 15 is 0 Å². The van der Waals surface area contributed by atoms with Gasteiger partial charge in [-0.2, -0.15) is 0 Å². The number of hydrogen-bond donors (Lipinski definition) is 1. The predicted octanol–water partition coefficient (Wildman–Crippen LogP) is 0.974. The van der Waals surface area contributed by atoms with Gasteiger partial charge in [-0.1, -0.05) is 13.3 Å². The van der Waals surface area contributed by atoms with Gasteiger partial charge >= 0.3 is 5.69 Å². The van der Waals surface area contributed by atoms with E-state index in [1.807, 2.05) is 13.8 Å². The summed E-state index contributed by atoms with van der Waals surface area (Å²) in [5.74, 6) is -0.109. The van der Waals surface area contributed by atoms with Crippen LogP contribution in [0.4, 0.5) is 0 Å². The van der Waals surface area contributed by atoms with Crippen molar-refractivity contribution >= 4 is 5.91 Å². The maximum absolute atomic E-state index is 11.7. The number of carbonyl (C=O) groups excluding carboxylic acids is 1. The fraction of sp³-hybridized carbons (Fsp3) is 0.667. The molecule has 17 heavy (non-hydrogen) atoms. The molecule has 0 saturated heterocycles. The summed E-state index contributed by atoms with van der Waals surface area (Å²) in [6, 6.07) is 0.163. The molecule has 0 aliphatic rings. The minimum Gasteiger partial charge on any atom is -0.352 e. The first-order valence-corrected chi connectivity index (χ1v) is 6.13. The van der Waals surface area contributed by atoms with Gasteiger partial charge in [0.25, 0.3) is 0 Å². The van der Waals surface area contributed by atoms with Crippen molar-refractivity contribution in [3.05, 3.63) is 22.9 Å². The van der Waals surface area contributed by atoms with Crippen LogP contribution >= 0.6 is 0 Å². The number of aromatic nitrogens is 2. The number of hydrogen-bond acceptors (Lipinski definition) is 2. The Kier molecular flexibility index (Phi) is 5.00. The lowest BCUT2D eigenvalue weighted by Crippen LogP contribution is -2.37. The molecule has 1 aromatic heterocycles. The normalized spacial score (nSPS) is 12.4. The Morgan fingerprint density at radius 1 is 1.35 bits per heavy atom. The number of aryl methyl sites for hydroxylation is 1. The van der Waals surface area contributed by atoms with Gasteiger partial charge in [-0.15, -0.1) is 0 Å². The molecule has 0 spiro atoms. The summed E-state index contributed by atoms with van der Waals surface area (Å²) in [5, 5.41) is 2.88. The maximum atomic E-state index is 11.7. The van der Waals surface area contributed by atoms with Gasteiger partial charge in [0.05, 0.1) is 0 Å². The third kappa shape index (κ3) is 3.76. The largest absolute Gasteiger partial charge is 0.352 e. The van der Waals surface area contributed by atoms with Gasteiger partial charge in [-0.25, -0.2) is 4.79 Å². The zero-order valence-electron chi connectivity index (χ0n) is 10.8. The summed E-state index contributed by atoms with van der Waals surface area (Å²) in [7, 11) is 0. The molecule has 1 N–H and O–H groups in total. The van der Waals surface area contributed by atoms with E-state index in [-0.39, 0.29) is 24.2 Å². The Hall–Kier alpha value is -1.52. The van der Waals surface area contributed by atoms with Crippen molar-refractivity contribution in [2.45, 2.75) is 52.7 Å². The van der Waals surface area contributed by atoms with E-state index in [1.54, 1.807) is 17.0 Å². The van der Waals surface area contributed by atoms with Crippen LogP contribution in [0.2, 0.25) is 0 Å². The van der Waals surface area contributed by atoms with E-state index in [0.717, 1.165) is 12.8 Å². The molecule has 1 atom stereocenters. The van der Waals surface area contributed by atoms with Crippen molar-refractivity contribution in [1.29, 1.82) is 0 Å². The van der Waals surface area contributed by atoms with E-state index in [4.69, 9.17) is 0 Å². The first-order valence-electron chi connectivity index (χ1n) is 6.13. The molecule has 0 bridgehead atoms. The second-order valence-corrected chi connectivity index (χ2v) is 4.25. The zero-order chi connectivity index (χ0) is 12.8. The molecule has 0 radical (unpaired) electrons. The third-order valence-electron chi connectivity index (χ3n) is 2.70. The standard InChI is InChI=1S/C12H21N3O2/c1-4-6-10(3)13-11(16)9-15-8-7-14(5-2)12(15)17/h7-8,10H,4-6,9H2,1-3H3,(H,13,16). The van der Waals surface area contributed by atoms with E-state index in [2.05, 4.69) is 12.2 Å². The Balaban J connectivity index is 2.56. The van der Waals surface area contributed by atoms with E-state index in [0.29, 0.717) is 6.54 Å². The van der Waals surface area contributed by atoms with E-state index in [1.165, 1.54) is 4.57 Å². The predicted molar refractivity (Wildman–Crippen MR) is 66.9 cm³/mol. The van der Waals surface area contributed by atoms with E-state index < -0.39 is 0 Å². The lowest BCUT2D eigenvalue weighted by molar-refractivity contribution is -0.122. The molecule has 96 valence electrons. The van der Waals surface area contributed by atoms with Crippen molar-refractivity contribution in [3.63, 3.8) is 0 Å². The molecule has 5 nitrogen and oxygen atoms in total. The molecule has 0 aromatic carbocycles. The van der Waals surface area contributed by atoms with Crippen LogP contribution in [0.5, 0.6) is 0 Å². The van der Waals surface area contributed by atoms with Crippen LogP contribution < -0.4 is 11.0 Å². The van der Waals surface area contributed by atoms with Gasteiger partial charge in [-0.05, 0) is 20.3 Å². The fourth-order valence-corrected chi connectivity index (χ4v) is 1.79. The molecule has 1 amide bonds. The lowest BCUT2D eigenvalue weighted by Gasteiger charge is -2.12. The summed E-state index contributed by atoms with van der Waals surface area (Å²) in [6.07, 6.45) is 5.34. The minimum absolute atomic E-state index is 0.0971. The lowest BCUT2D eigenvalue weighted by atomic mass is 10.2. The van der Waals surface area contributed by atoms with Crippen LogP contribution in [-0.4, -0.2) is 21.1 Å². The zero-order valence-corrected chi connectivity index (χ0v) is 10.8. The highest BCUT2D eigenvalue weighted by molar-refractivity contribution is 5.75. The molecule has 0 fully saturated rings. The number of imidazole rings is 1. The van der Waals surface area contributed by atoms with Crippen LogP contribution in [0.15, 0.2) is 17.2 Å². The fourth-order valence-electron chi connectivity index (χ4n) is 1.79. The van der Waals surface area contributed by atoms with E-state index in [9.17, 15) is 9.59 Å². The van der Waals surface area contributed by atoms with Crippen molar-refractivity contribution in [1.82, 2.24) is 14.5 Å². The molecule has 0 aliphatic heterocycles. The Labute approximate surface area is 101 Å².